The number of Topliss-reactive ketones (excluding diaryl/α,β-unsaturated/α-hetero) is 1. The van der Waals surface area contributed by atoms with Gasteiger partial charge in [0.05, 0.1) is 5.25 Å². The number of hydrogen-bond acceptors (Lipinski definition) is 6. The van der Waals surface area contributed by atoms with Crippen molar-refractivity contribution in [3.05, 3.63) is 35.9 Å². The van der Waals surface area contributed by atoms with Crippen LogP contribution in [0.5, 0.6) is 0 Å². The summed E-state index contributed by atoms with van der Waals surface area (Å²) in [6.07, 6.45) is 1.97. The van der Waals surface area contributed by atoms with Crippen LogP contribution in [0.1, 0.15) is 17.3 Å². The Labute approximate surface area is 118 Å². The van der Waals surface area contributed by atoms with Gasteiger partial charge in [-0.1, -0.05) is 65.2 Å². The largest absolute Gasteiger partial charge is 0.293 e. The van der Waals surface area contributed by atoms with E-state index >= 15 is 0 Å². The first-order chi connectivity index (χ1) is 8.70. The fraction of sp³-hybridized carbons (Fsp3) is 0.250. The third-order valence-electron chi connectivity index (χ3n) is 2.27. The van der Waals surface area contributed by atoms with Crippen molar-refractivity contribution in [3.63, 3.8) is 0 Å². The lowest BCUT2D eigenvalue weighted by molar-refractivity contribution is 0.0994. The molecule has 94 valence electrons. The standard InChI is InChI=1S/C12H12N2OS3/c1-8(10(15)9-6-4-3-5-7-9)17-12-14-13-11(16-2)18-12/h3-8H,1-2H3. The van der Waals surface area contributed by atoms with Gasteiger partial charge in [0.1, 0.15) is 0 Å². The van der Waals surface area contributed by atoms with E-state index < -0.39 is 0 Å². The summed E-state index contributed by atoms with van der Waals surface area (Å²) < 4.78 is 1.77. The van der Waals surface area contributed by atoms with Gasteiger partial charge in [0.15, 0.2) is 14.5 Å². The summed E-state index contributed by atoms with van der Waals surface area (Å²) in [6.45, 7) is 1.90. The van der Waals surface area contributed by atoms with Crippen molar-refractivity contribution < 1.29 is 4.79 Å². The Morgan fingerprint density at radius 1 is 1.22 bits per heavy atom. The molecule has 0 bridgehead atoms. The van der Waals surface area contributed by atoms with Gasteiger partial charge in [0.2, 0.25) is 0 Å². The molecule has 0 spiro atoms. The van der Waals surface area contributed by atoms with Crippen LogP contribution in [0.15, 0.2) is 39.0 Å². The second kappa shape index (κ2) is 6.36. The van der Waals surface area contributed by atoms with Gasteiger partial charge in [0, 0.05) is 5.56 Å². The number of hydrogen-bond donors (Lipinski definition) is 0. The van der Waals surface area contributed by atoms with Crippen molar-refractivity contribution in [2.45, 2.75) is 20.9 Å². The predicted octanol–water partition coefficient (Wildman–Crippen LogP) is 3.62. The molecule has 1 unspecified atom stereocenters. The fourth-order valence-corrected chi connectivity index (χ4v) is 4.03. The highest BCUT2D eigenvalue weighted by molar-refractivity contribution is 8.03. The second-order valence-electron chi connectivity index (χ2n) is 3.53. The van der Waals surface area contributed by atoms with Crippen LogP contribution >= 0.6 is 34.9 Å². The summed E-state index contributed by atoms with van der Waals surface area (Å²) in [5, 5.41) is 7.94. The molecular formula is C12H12N2OS3. The van der Waals surface area contributed by atoms with E-state index in [1.807, 2.05) is 43.5 Å². The molecular weight excluding hydrogens is 284 g/mol. The number of benzene rings is 1. The maximum atomic E-state index is 12.2. The first-order valence-corrected chi connectivity index (χ1v) is 8.26. The molecule has 1 atom stereocenters. The highest BCUT2D eigenvalue weighted by atomic mass is 32.2. The van der Waals surface area contributed by atoms with Crippen LogP contribution in [0.3, 0.4) is 0 Å². The third-order valence-corrected chi connectivity index (χ3v) is 5.35. The molecule has 6 heteroatoms. The van der Waals surface area contributed by atoms with Gasteiger partial charge in [-0.05, 0) is 13.2 Å². The van der Waals surface area contributed by atoms with Crippen LogP contribution in [-0.4, -0.2) is 27.5 Å². The minimum Gasteiger partial charge on any atom is -0.293 e. The molecule has 2 rings (SSSR count). The molecule has 18 heavy (non-hydrogen) atoms. The maximum absolute atomic E-state index is 12.2. The molecule has 0 aliphatic rings. The zero-order valence-corrected chi connectivity index (χ0v) is 12.4. The van der Waals surface area contributed by atoms with Gasteiger partial charge in [-0.2, -0.15) is 0 Å². The average Bonchev–Trinajstić information content (AvgIpc) is 2.86. The smallest absolute Gasteiger partial charge is 0.175 e. The lowest BCUT2D eigenvalue weighted by Gasteiger charge is -2.07. The fourth-order valence-electron chi connectivity index (χ4n) is 1.37. The highest BCUT2D eigenvalue weighted by Crippen LogP contribution is 2.31. The van der Waals surface area contributed by atoms with E-state index in [2.05, 4.69) is 10.2 Å². The highest BCUT2D eigenvalue weighted by Gasteiger charge is 2.18. The second-order valence-corrected chi connectivity index (χ2v) is 7.15. The van der Waals surface area contributed by atoms with Crippen molar-refractivity contribution in [1.29, 1.82) is 0 Å². The normalized spacial score (nSPS) is 12.3. The summed E-state index contributed by atoms with van der Waals surface area (Å²) in [5.74, 6) is 0.126. The Bertz CT molecular complexity index is 527. The predicted molar refractivity (Wildman–Crippen MR) is 77.8 cm³/mol. The minimum absolute atomic E-state index is 0.126. The van der Waals surface area contributed by atoms with Gasteiger partial charge >= 0.3 is 0 Å². The van der Waals surface area contributed by atoms with Gasteiger partial charge in [-0.25, -0.2) is 0 Å². The van der Waals surface area contributed by atoms with Crippen molar-refractivity contribution in [2.24, 2.45) is 0 Å². The summed E-state index contributed by atoms with van der Waals surface area (Å²) >= 11 is 4.56. The lowest BCUT2D eigenvalue weighted by Crippen LogP contribution is -2.13. The molecule has 0 amide bonds. The van der Waals surface area contributed by atoms with E-state index in [-0.39, 0.29) is 11.0 Å². The van der Waals surface area contributed by atoms with Gasteiger partial charge in [-0.15, -0.1) is 10.2 Å². The Balaban J connectivity index is 2.03. The van der Waals surface area contributed by atoms with Crippen molar-refractivity contribution in [3.8, 4) is 0 Å². The summed E-state index contributed by atoms with van der Waals surface area (Å²) in [7, 11) is 0. The SMILES string of the molecule is CSc1nnc(SC(C)C(=O)c2ccccc2)s1. The van der Waals surface area contributed by atoms with E-state index in [4.69, 9.17) is 0 Å². The monoisotopic (exact) mass is 296 g/mol. The molecule has 1 aromatic heterocycles. The molecule has 0 aliphatic carbocycles. The average molecular weight is 296 g/mol. The van der Waals surface area contributed by atoms with Crippen molar-refractivity contribution in [1.82, 2.24) is 10.2 Å². The Kier molecular flexibility index (Phi) is 4.79. The van der Waals surface area contributed by atoms with Crippen LogP contribution < -0.4 is 0 Å². The number of carbonyl (C=O) groups is 1. The van der Waals surface area contributed by atoms with E-state index in [0.717, 1.165) is 14.2 Å². The number of carbonyl (C=O) groups excluding carboxylic acids is 1. The topological polar surface area (TPSA) is 42.9 Å². The third kappa shape index (κ3) is 3.34. The van der Waals surface area contributed by atoms with Crippen LogP contribution in [0.25, 0.3) is 0 Å². The maximum Gasteiger partial charge on any atom is 0.175 e. The Morgan fingerprint density at radius 2 is 1.89 bits per heavy atom. The lowest BCUT2D eigenvalue weighted by atomic mass is 10.1. The van der Waals surface area contributed by atoms with E-state index in [1.165, 1.54) is 23.1 Å². The molecule has 3 nitrogen and oxygen atoms in total. The quantitative estimate of drug-likeness (QED) is 0.622. The molecule has 0 saturated carbocycles. The van der Waals surface area contributed by atoms with E-state index in [0.29, 0.717) is 0 Å². The first-order valence-electron chi connectivity index (χ1n) is 5.34. The van der Waals surface area contributed by atoms with Gasteiger partial charge in [0.25, 0.3) is 0 Å². The molecule has 0 fully saturated rings. The molecule has 2 aromatic rings. The molecule has 0 saturated heterocycles. The minimum atomic E-state index is -0.143. The number of rotatable bonds is 5. The summed E-state index contributed by atoms with van der Waals surface area (Å²) in [6, 6.07) is 9.34. The number of nitrogens with zero attached hydrogens (tertiary/aromatic N) is 2. The number of aromatic nitrogens is 2. The molecule has 0 aliphatic heterocycles. The van der Waals surface area contributed by atoms with Crippen LogP contribution in [0.4, 0.5) is 0 Å². The van der Waals surface area contributed by atoms with Gasteiger partial charge < -0.3 is 0 Å². The van der Waals surface area contributed by atoms with Crippen LogP contribution in [0, 0.1) is 0 Å². The summed E-state index contributed by atoms with van der Waals surface area (Å²) in [5.41, 5.74) is 0.743. The van der Waals surface area contributed by atoms with E-state index in [9.17, 15) is 4.79 Å². The van der Waals surface area contributed by atoms with Crippen molar-refractivity contribution >= 4 is 40.6 Å². The zero-order chi connectivity index (χ0) is 13.0. The molecule has 0 radical (unpaired) electrons. The first kappa shape index (κ1) is 13.6. The van der Waals surface area contributed by atoms with E-state index in [1.54, 1.807) is 11.8 Å². The number of ketones is 1. The summed E-state index contributed by atoms with van der Waals surface area (Å²) in [4.78, 5) is 12.2. The van der Waals surface area contributed by atoms with Crippen LogP contribution in [0.2, 0.25) is 0 Å². The molecule has 1 heterocycles. The molecule has 1 aromatic carbocycles. The zero-order valence-electron chi connectivity index (χ0n) is 9.99. The Morgan fingerprint density at radius 3 is 2.50 bits per heavy atom. The number of thioether (sulfide) groups is 2. The van der Waals surface area contributed by atoms with Crippen LogP contribution in [-0.2, 0) is 0 Å². The van der Waals surface area contributed by atoms with Gasteiger partial charge in [-0.3, -0.25) is 4.79 Å². The molecule has 0 N–H and O–H groups in total. The Hall–Kier alpha value is -0.850. The van der Waals surface area contributed by atoms with Crippen molar-refractivity contribution in [2.75, 3.05) is 6.26 Å².